The molecule has 3 aromatic rings. The smallest absolute Gasteiger partial charge is 0.323 e. The largest absolute Gasteiger partial charge is 0.337 e. The van der Waals surface area contributed by atoms with Crippen LogP contribution in [-0.2, 0) is 13.1 Å². The van der Waals surface area contributed by atoms with E-state index in [1.165, 1.54) is 6.20 Å². The molecule has 1 fully saturated rings. The van der Waals surface area contributed by atoms with Crippen molar-refractivity contribution in [1.29, 1.82) is 0 Å². The molecule has 10 heteroatoms. The lowest BCUT2D eigenvalue weighted by molar-refractivity contribution is 0.0704. The van der Waals surface area contributed by atoms with E-state index in [0.717, 1.165) is 31.0 Å². The molecular formula is C17H22N8O2. The van der Waals surface area contributed by atoms with Gasteiger partial charge in [0.2, 0.25) is 0 Å². The van der Waals surface area contributed by atoms with E-state index in [-0.39, 0.29) is 17.5 Å². The first-order valence-corrected chi connectivity index (χ1v) is 9.12. The Balaban J connectivity index is 1.44. The molecule has 2 N–H and O–H groups in total. The molecule has 0 aliphatic carbocycles. The van der Waals surface area contributed by atoms with Crippen molar-refractivity contribution < 1.29 is 4.79 Å². The van der Waals surface area contributed by atoms with Crippen LogP contribution in [0.5, 0.6) is 0 Å². The minimum absolute atomic E-state index is 0.150. The average Bonchev–Trinajstić information content (AvgIpc) is 3.43. The zero-order valence-corrected chi connectivity index (χ0v) is 15.1. The second-order valence-corrected chi connectivity index (χ2v) is 6.65. The Kier molecular flexibility index (Phi) is 4.61. The van der Waals surface area contributed by atoms with Gasteiger partial charge in [-0.1, -0.05) is 0 Å². The number of carbonyl (C=O) groups is 1. The Hall–Kier alpha value is -3.17. The Morgan fingerprint density at radius 2 is 2.11 bits per heavy atom. The standard InChI is InChI=1S/C17H22N8O2/c1-2-25-14(11-24-7-3-6-19-24)21-22-15(25)12-4-8-23(9-5-12)16(26)13-10-18-17(27)20-13/h3,6-7,10,12H,2,4-5,8-9,11H2,1H3,(H2,18,20,27). The van der Waals surface area contributed by atoms with E-state index in [2.05, 4.69) is 36.8 Å². The summed E-state index contributed by atoms with van der Waals surface area (Å²) in [5.74, 6) is 1.97. The number of likely N-dealkylation sites (tertiary alicyclic amines) is 1. The predicted molar refractivity (Wildman–Crippen MR) is 96.3 cm³/mol. The van der Waals surface area contributed by atoms with Crippen LogP contribution in [0, 0.1) is 0 Å². The van der Waals surface area contributed by atoms with Crippen LogP contribution in [0.4, 0.5) is 0 Å². The van der Waals surface area contributed by atoms with E-state index in [0.29, 0.717) is 25.3 Å². The zero-order chi connectivity index (χ0) is 18.8. The molecule has 142 valence electrons. The van der Waals surface area contributed by atoms with Gasteiger partial charge >= 0.3 is 5.69 Å². The SMILES string of the molecule is CCn1c(Cn2cccn2)nnc1C1CCN(C(=O)c2c[nH]c(=O)[nH]2)CC1. The first kappa shape index (κ1) is 17.3. The molecule has 1 aliphatic rings. The van der Waals surface area contributed by atoms with Gasteiger partial charge in [-0.3, -0.25) is 9.48 Å². The molecule has 3 aromatic heterocycles. The number of hydrogen-bond donors (Lipinski definition) is 2. The number of aromatic nitrogens is 7. The molecule has 0 spiro atoms. The summed E-state index contributed by atoms with van der Waals surface area (Å²) in [4.78, 5) is 30.4. The molecule has 0 saturated carbocycles. The monoisotopic (exact) mass is 370 g/mol. The summed E-state index contributed by atoms with van der Waals surface area (Å²) in [6.07, 6.45) is 6.72. The van der Waals surface area contributed by atoms with Crippen LogP contribution in [0.3, 0.4) is 0 Å². The number of H-pyrrole nitrogens is 2. The highest BCUT2D eigenvalue weighted by atomic mass is 16.2. The number of aromatic amines is 2. The quantitative estimate of drug-likeness (QED) is 0.681. The molecule has 4 rings (SSSR count). The number of rotatable bonds is 5. The lowest BCUT2D eigenvalue weighted by atomic mass is 9.95. The highest BCUT2D eigenvalue weighted by Crippen LogP contribution is 2.28. The van der Waals surface area contributed by atoms with E-state index >= 15 is 0 Å². The maximum absolute atomic E-state index is 12.5. The minimum atomic E-state index is -0.367. The molecule has 1 aliphatic heterocycles. The average molecular weight is 370 g/mol. The van der Waals surface area contributed by atoms with Crippen LogP contribution < -0.4 is 5.69 Å². The first-order valence-electron chi connectivity index (χ1n) is 9.12. The van der Waals surface area contributed by atoms with Gasteiger partial charge < -0.3 is 19.4 Å². The van der Waals surface area contributed by atoms with Crippen LogP contribution in [0.25, 0.3) is 0 Å². The molecule has 10 nitrogen and oxygen atoms in total. The molecule has 0 radical (unpaired) electrons. The normalized spacial score (nSPS) is 15.4. The number of amides is 1. The summed E-state index contributed by atoms with van der Waals surface area (Å²) in [7, 11) is 0. The van der Waals surface area contributed by atoms with Crippen molar-refractivity contribution in [1.82, 2.24) is 39.4 Å². The van der Waals surface area contributed by atoms with Crippen LogP contribution in [-0.4, -0.2) is 58.4 Å². The van der Waals surface area contributed by atoms with E-state index in [1.807, 2.05) is 16.9 Å². The topological polar surface area (TPSA) is 117 Å². The minimum Gasteiger partial charge on any atom is -0.337 e. The number of imidazole rings is 1. The third-order valence-electron chi connectivity index (χ3n) is 5.01. The third kappa shape index (κ3) is 3.42. The number of hydrogen-bond acceptors (Lipinski definition) is 5. The lowest BCUT2D eigenvalue weighted by Gasteiger charge is -2.31. The summed E-state index contributed by atoms with van der Waals surface area (Å²) in [6.45, 7) is 4.72. The van der Waals surface area contributed by atoms with Crippen molar-refractivity contribution >= 4 is 5.91 Å². The summed E-state index contributed by atoms with van der Waals surface area (Å²) >= 11 is 0. The maximum Gasteiger partial charge on any atom is 0.323 e. The van der Waals surface area contributed by atoms with Crippen LogP contribution >= 0.6 is 0 Å². The summed E-state index contributed by atoms with van der Waals surface area (Å²) < 4.78 is 3.98. The van der Waals surface area contributed by atoms with Gasteiger partial charge in [-0.05, 0) is 25.8 Å². The Morgan fingerprint density at radius 1 is 1.30 bits per heavy atom. The van der Waals surface area contributed by atoms with Gasteiger partial charge in [0.05, 0.1) is 0 Å². The number of carbonyl (C=O) groups excluding carboxylic acids is 1. The van der Waals surface area contributed by atoms with Gasteiger partial charge in [-0.15, -0.1) is 10.2 Å². The predicted octanol–water partition coefficient (Wildman–Crippen LogP) is 0.579. The van der Waals surface area contributed by atoms with Crippen molar-refractivity contribution in [3.63, 3.8) is 0 Å². The van der Waals surface area contributed by atoms with E-state index in [4.69, 9.17) is 0 Å². The molecular weight excluding hydrogens is 348 g/mol. The van der Waals surface area contributed by atoms with Crippen molar-refractivity contribution in [2.75, 3.05) is 13.1 Å². The Morgan fingerprint density at radius 3 is 2.74 bits per heavy atom. The fourth-order valence-electron chi connectivity index (χ4n) is 3.61. The lowest BCUT2D eigenvalue weighted by Crippen LogP contribution is -2.38. The fourth-order valence-corrected chi connectivity index (χ4v) is 3.61. The van der Waals surface area contributed by atoms with Gasteiger partial charge in [0.25, 0.3) is 5.91 Å². The van der Waals surface area contributed by atoms with Gasteiger partial charge in [-0.25, -0.2) is 4.79 Å². The first-order chi connectivity index (χ1) is 13.2. The van der Waals surface area contributed by atoms with Crippen LogP contribution in [0.2, 0.25) is 0 Å². The molecule has 0 unspecified atom stereocenters. The zero-order valence-electron chi connectivity index (χ0n) is 15.1. The molecule has 27 heavy (non-hydrogen) atoms. The summed E-state index contributed by atoms with van der Waals surface area (Å²) in [6, 6.07) is 1.89. The second-order valence-electron chi connectivity index (χ2n) is 6.65. The number of piperidine rings is 1. The third-order valence-corrected chi connectivity index (χ3v) is 5.01. The Labute approximate surface area is 155 Å². The van der Waals surface area contributed by atoms with Crippen LogP contribution in [0.1, 0.15) is 47.8 Å². The van der Waals surface area contributed by atoms with Crippen LogP contribution in [0.15, 0.2) is 29.5 Å². The number of nitrogens with zero attached hydrogens (tertiary/aromatic N) is 6. The molecule has 0 atom stereocenters. The molecule has 0 bridgehead atoms. The van der Waals surface area contributed by atoms with Crippen molar-refractivity contribution in [2.45, 2.75) is 38.8 Å². The van der Waals surface area contributed by atoms with Gasteiger partial charge in [0.1, 0.15) is 18.1 Å². The van der Waals surface area contributed by atoms with Crippen molar-refractivity contribution in [3.8, 4) is 0 Å². The van der Waals surface area contributed by atoms with Gasteiger partial charge in [0.15, 0.2) is 5.82 Å². The summed E-state index contributed by atoms with van der Waals surface area (Å²) in [5, 5.41) is 13.0. The van der Waals surface area contributed by atoms with Gasteiger partial charge in [0, 0.05) is 44.1 Å². The molecule has 0 aromatic carbocycles. The van der Waals surface area contributed by atoms with E-state index < -0.39 is 0 Å². The fraction of sp³-hybridized carbons (Fsp3) is 0.471. The number of nitrogens with one attached hydrogen (secondary N) is 2. The van der Waals surface area contributed by atoms with E-state index in [9.17, 15) is 9.59 Å². The maximum atomic E-state index is 12.5. The molecule has 4 heterocycles. The highest BCUT2D eigenvalue weighted by Gasteiger charge is 2.28. The summed E-state index contributed by atoms with van der Waals surface area (Å²) in [5.41, 5.74) is -0.0642. The van der Waals surface area contributed by atoms with Gasteiger partial charge in [-0.2, -0.15) is 5.10 Å². The highest BCUT2D eigenvalue weighted by molar-refractivity contribution is 5.92. The second kappa shape index (κ2) is 7.22. The van der Waals surface area contributed by atoms with Crippen molar-refractivity contribution in [2.24, 2.45) is 0 Å². The molecule has 1 saturated heterocycles. The molecule has 1 amide bonds. The Bertz CT molecular complexity index is 959. The van der Waals surface area contributed by atoms with E-state index in [1.54, 1.807) is 11.1 Å². The van der Waals surface area contributed by atoms with Crippen molar-refractivity contribution in [3.05, 3.63) is 52.5 Å².